The van der Waals surface area contributed by atoms with Crippen LogP contribution in [0.25, 0.3) is 0 Å². The van der Waals surface area contributed by atoms with E-state index in [1.165, 1.54) is 5.56 Å². The predicted octanol–water partition coefficient (Wildman–Crippen LogP) is 1.62. The van der Waals surface area contributed by atoms with Crippen molar-refractivity contribution < 1.29 is 13.6 Å². The Bertz CT molecular complexity index is 495. The average Bonchev–Trinajstić information content (AvgIpc) is 2.85. The molecule has 122 valence electrons. The SMILES string of the molecule is CC(CNC(=O)C1CC(F)(F)CN1)N(C)Cc1ccccc1. The number of alkyl halides is 2. The average molecular weight is 311 g/mol. The molecule has 1 heterocycles. The summed E-state index contributed by atoms with van der Waals surface area (Å²) in [5, 5.41) is 5.32. The lowest BCUT2D eigenvalue weighted by atomic mass is 10.1. The van der Waals surface area contributed by atoms with Crippen LogP contribution in [-0.4, -0.2) is 49.0 Å². The van der Waals surface area contributed by atoms with Gasteiger partial charge in [-0.25, -0.2) is 8.78 Å². The number of carbonyl (C=O) groups is 1. The maximum atomic E-state index is 13.1. The lowest BCUT2D eigenvalue weighted by Gasteiger charge is -2.25. The maximum Gasteiger partial charge on any atom is 0.262 e. The van der Waals surface area contributed by atoms with Gasteiger partial charge in [-0.05, 0) is 19.5 Å². The Morgan fingerprint density at radius 1 is 1.45 bits per heavy atom. The fourth-order valence-electron chi connectivity index (χ4n) is 2.46. The molecule has 1 aromatic rings. The number of likely N-dealkylation sites (N-methyl/N-ethyl adjacent to an activating group) is 1. The quantitative estimate of drug-likeness (QED) is 0.839. The second-order valence-electron chi connectivity index (χ2n) is 5.99. The van der Waals surface area contributed by atoms with Gasteiger partial charge in [0, 0.05) is 25.6 Å². The van der Waals surface area contributed by atoms with Crippen LogP contribution in [0.1, 0.15) is 18.9 Å². The van der Waals surface area contributed by atoms with Crippen LogP contribution in [0, 0.1) is 0 Å². The number of nitrogens with one attached hydrogen (secondary N) is 2. The van der Waals surface area contributed by atoms with Crippen molar-refractivity contribution in [1.29, 1.82) is 0 Å². The van der Waals surface area contributed by atoms with Crippen molar-refractivity contribution in [3.05, 3.63) is 35.9 Å². The Kier molecular flexibility index (Phi) is 5.47. The van der Waals surface area contributed by atoms with Crippen molar-refractivity contribution in [3.8, 4) is 0 Å². The highest BCUT2D eigenvalue weighted by Gasteiger charge is 2.42. The molecule has 6 heteroatoms. The second kappa shape index (κ2) is 7.15. The van der Waals surface area contributed by atoms with E-state index in [0.717, 1.165) is 6.54 Å². The van der Waals surface area contributed by atoms with E-state index in [2.05, 4.69) is 15.5 Å². The number of nitrogens with zero attached hydrogens (tertiary/aromatic N) is 1. The lowest BCUT2D eigenvalue weighted by molar-refractivity contribution is -0.123. The minimum absolute atomic E-state index is 0.117. The molecule has 1 amide bonds. The number of rotatable bonds is 6. The highest BCUT2D eigenvalue weighted by molar-refractivity contribution is 5.82. The van der Waals surface area contributed by atoms with E-state index >= 15 is 0 Å². The summed E-state index contributed by atoms with van der Waals surface area (Å²) < 4.78 is 26.1. The highest BCUT2D eigenvalue weighted by Crippen LogP contribution is 2.25. The van der Waals surface area contributed by atoms with E-state index in [1.807, 2.05) is 44.3 Å². The normalized spacial score (nSPS) is 21.8. The third-order valence-corrected chi connectivity index (χ3v) is 4.03. The molecule has 1 aliphatic heterocycles. The summed E-state index contributed by atoms with van der Waals surface area (Å²) in [4.78, 5) is 14.0. The van der Waals surface area contributed by atoms with E-state index in [4.69, 9.17) is 0 Å². The molecule has 1 saturated heterocycles. The van der Waals surface area contributed by atoms with E-state index in [1.54, 1.807) is 0 Å². The summed E-state index contributed by atoms with van der Waals surface area (Å²) in [5.74, 6) is -3.13. The van der Waals surface area contributed by atoms with Crippen LogP contribution in [-0.2, 0) is 11.3 Å². The van der Waals surface area contributed by atoms with Crippen molar-refractivity contribution in [1.82, 2.24) is 15.5 Å². The molecule has 2 rings (SSSR count). The molecule has 1 aromatic carbocycles. The first-order valence-electron chi connectivity index (χ1n) is 7.50. The molecule has 2 unspecified atom stereocenters. The molecule has 0 aromatic heterocycles. The van der Waals surface area contributed by atoms with Gasteiger partial charge < -0.3 is 5.32 Å². The zero-order valence-electron chi connectivity index (χ0n) is 13.0. The number of hydrogen-bond donors (Lipinski definition) is 2. The molecule has 0 radical (unpaired) electrons. The Morgan fingerprint density at radius 3 is 2.73 bits per heavy atom. The van der Waals surface area contributed by atoms with E-state index < -0.39 is 24.9 Å². The zero-order chi connectivity index (χ0) is 16.2. The molecule has 1 aliphatic rings. The Labute approximate surface area is 129 Å². The molecule has 2 atom stereocenters. The number of hydrogen-bond acceptors (Lipinski definition) is 3. The summed E-state index contributed by atoms with van der Waals surface area (Å²) >= 11 is 0. The first kappa shape index (κ1) is 16.8. The largest absolute Gasteiger partial charge is 0.353 e. The minimum Gasteiger partial charge on any atom is -0.353 e. The fourth-order valence-corrected chi connectivity index (χ4v) is 2.46. The molecule has 0 bridgehead atoms. The van der Waals surface area contributed by atoms with Crippen LogP contribution in [0.5, 0.6) is 0 Å². The number of halogens is 2. The molecule has 2 N–H and O–H groups in total. The van der Waals surface area contributed by atoms with Crippen molar-refractivity contribution in [2.45, 2.75) is 37.9 Å². The van der Waals surface area contributed by atoms with E-state index in [9.17, 15) is 13.6 Å². The molecule has 4 nitrogen and oxygen atoms in total. The van der Waals surface area contributed by atoms with Crippen LogP contribution in [0.15, 0.2) is 30.3 Å². The molecule has 0 aliphatic carbocycles. The highest BCUT2D eigenvalue weighted by atomic mass is 19.3. The standard InChI is InChI=1S/C16H23F2N3O/c1-12(21(2)10-13-6-4-3-5-7-13)9-19-15(22)14-8-16(17,18)11-20-14/h3-7,12,14,20H,8-11H2,1-2H3,(H,19,22). The van der Waals surface area contributed by atoms with Gasteiger partial charge in [-0.2, -0.15) is 0 Å². The first-order valence-corrected chi connectivity index (χ1v) is 7.50. The van der Waals surface area contributed by atoms with Crippen LogP contribution < -0.4 is 10.6 Å². The van der Waals surface area contributed by atoms with Gasteiger partial charge in [0.15, 0.2) is 0 Å². The Balaban J connectivity index is 1.75. The number of amides is 1. The van der Waals surface area contributed by atoms with Gasteiger partial charge in [-0.1, -0.05) is 30.3 Å². The molecule has 1 fully saturated rings. The van der Waals surface area contributed by atoms with Gasteiger partial charge in [0.2, 0.25) is 5.91 Å². The molecule has 0 saturated carbocycles. The molecular formula is C16H23F2N3O. The number of carbonyl (C=O) groups excluding carboxylic acids is 1. The lowest BCUT2D eigenvalue weighted by Crippen LogP contribution is -2.45. The Hall–Kier alpha value is -1.53. The number of benzene rings is 1. The first-order chi connectivity index (χ1) is 10.4. The van der Waals surface area contributed by atoms with E-state index in [0.29, 0.717) is 6.54 Å². The van der Waals surface area contributed by atoms with Gasteiger partial charge in [-0.15, -0.1) is 0 Å². The van der Waals surface area contributed by atoms with E-state index in [-0.39, 0.29) is 11.9 Å². The van der Waals surface area contributed by atoms with Gasteiger partial charge in [-0.3, -0.25) is 15.0 Å². The van der Waals surface area contributed by atoms with Crippen LogP contribution in [0.4, 0.5) is 8.78 Å². The topological polar surface area (TPSA) is 44.4 Å². The maximum absolute atomic E-state index is 13.1. The van der Waals surface area contributed by atoms with Crippen LogP contribution >= 0.6 is 0 Å². The van der Waals surface area contributed by atoms with Gasteiger partial charge >= 0.3 is 0 Å². The fraction of sp³-hybridized carbons (Fsp3) is 0.562. The van der Waals surface area contributed by atoms with Gasteiger partial charge in [0.1, 0.15) is 0 Å². The third-order valence-electron chi connectivity index (χ3n) is 4.03. The smallest absolute Gasteiger partial charge is 0.262 e. The summed E-state index contributed by atoms with van der Waals surface area (Å²) in [6.45, 7) is 2.79. The summed E-state index contributed by atoms with van der Waals surface area (Å²) in [7, 11) is 1.98. The predicted molar refractivity (Wildman–Crippen MR) is 81.7 cm³/mol. The van der Waals surface area contributed by atoms with Crippen LogP contribution in [0.3, 0.4) is 0 Å². The molecular weight excluding hydrogens is 288 g/mol. The molecule has 22 heavy (non-hydrogen) atoms. The third kappa shape index (κ3) is 4.74. The van der Waals surface area contributed by atoms with Crippen molar-refractivity contribution >= 4 is 5.91 Å². The van der Waals surface area contributed by atoms with Crippen molar-refractivity contribution in [3.63, 3.8) is 0 Å². The van der Waals surface area contributed by atoms with Crippen LogP contribution in [0.2, 0.25) is 0 Å². The molecule has 0 spiro atoms. The van der Waals surface area contributed by atoms with Gasteiger partial charge in [0.25, 0.3) is 5.92 Å². The monoisotopic (exact) mass is 311 g/mol. The summed E-state index contributed by atoms with van der Waals surface area (Å²) in [6, 6.07) is 9.37. The summed E-state index contributed by atoms with van der Waals surface area (Å²) in [6.07, 6.45) is -0.424. The Morgan fingerprint density at radius 2 is 2.14 bits per heavy atom. The minimum atomic E-state index is -2.78. The second-order valence-corrected chi connectivity index (χ2v) is 5.99. The summed E-state index contributed by atoms with van der Waals surface area (Å²) in [5.41, 5.74) is 1.19. The van der Waals surface area contributed by atoms with Gasteiger partial charge in [0.05, 0.1) is 12.6 Å². The zero-order valence-corrected chi connectivity index (χ0v) is 13.0. The van der Waals surface area contributed by atoms with Crippen molar-refractivity contribution in [2.24, 2.45) is 0 Å². The van der Waals surface area contributed by atoms with Crippen molar-refractivity contribution in [2.75, 3.05) is 20.1 Å².